The first-order chi connectivity index (χ1) is 15.3. The zero-order valence-electron chi connectivity index (χ0n) is 19.1. The molecule has 1 aliphatic heterocycles. The average Bonchev–Trinajstić information content (AvgIpc) is 2.77. The first-order valence-electron chi connectivity index (χ1n) is 11.1. The Labute approximate surface area is 192 Å². The fourth-order valence-electron chi connectivity index (χ4n) is 4.08. The van der Waals surface area contributed by atoms with Gasteiger partial charge in [-0.25, -0.2) is 0 Å². The van der Waals surface area contributed by atoms with E-state index in [-0.39, 0.29) is 36.8 Å². The summed E-state index contributed by atoms with van der Waals surface area (Å²) in [6.45, 7) is 5.79. The summed E-state index contributed by atoms with van der Waals surface area (Å²) in [5, 5.41) is 0. The molecule has 6 nitrogen and oxygen atoms in total. The standard InChI is InChI=1S/C25H34O6S/c1-19-20(2)25(29-17-22-12-8-5-9-13-22)24(18-28-16-21-10-6-4-7-11-21)31-23(19)14-15-30-32(3,26)27/h4-13,19-20,23-25H,14-18H2,1-3H3/t19-,20+,23+,24+,25-/m0/s1. The molecule has 0 bridgehead atoms. The number of rotatable bonds is 11. The van der Waals surface area contributed by atoms with Crippen molar-refractivity contribution >= 4 is 10.1 Å². The predicted molar refractivity (Wildman–Crippen MR) is 124 cm³/mol. The fraction of sp³-hybridized carbons (Fsp3) is 0.520. The summed E-state index contributed by atoms with van der Waals surface area (Å²) in [4.78, 5) is 0. The molecule has 0 saturated carbocycles. The van der Waals surface area contributed by atoms with E-state index in [0.29, 0.717) is 26.2 Å². The minimum atomic E-state index is -3.47. The maximum Gasteiger partial charge on any atom is 0.264 e. The van der Waals surface area contributed by atoms with Gasteiger partial charge in [0.1, 0.15) is 6.10 Å². The molecule has 0 radical (unpaired) electrons. The first-order valence-corrected chi connectivity index (χ1v) is 12.9. The van der Waals surface area contributed by atoms with Gasteiger partial charge in [0, 0.05) is 0 Å². The zero-order chi connectivity index (χ0) is 23.0. The van der Waals surface area contributed by atoms with Gasteiger partial charge in [0.15, 0.2) is 0 Å². The molecule has 1 saturated heterocycles. The summed E-state index contributed by atoms with van der Waals surface area (Å²) in [6, 6.07) is 20.1. The molecule has 1 aliphatic rings. The van der Waals surface area contributed by atoms with Gasteiger partial charge in [0.05, 0.1) is 44.9 Å². The Morgan fingerprint density at radius 3 is 2.03 bits per heavy atom. The third kappa shape index (κ3) is 7.67. The van der Waals surface area contributed by atoms with E-state index in [4.69, 9.17) is 18.4 Å². The molecule has 2 aromatic carbocycles. The maximum atomic E-state index is 11.3. The van der Waals surface area contributed by atoms with Crippen LogP contribution in [0.15, 0.2) is 60.7 Å². The van der Waals surface area contributed by atoms with Crippen molar-refractivity contribution in [1.82, 2.24) is 0 Å². The van der Waals surface area contributed by atoms with Crippen molar-refractivity contribution in [3.8, 4) is 0 Å². The van der Waals surface area contributed by atoms with E-state index in [1.165, 1.54) is 0 Å². The molecule has 0 aliphatic carbocycles. The lowest BCUT2D eigenvalue weighted by Crippen LogP contribution is -2.52. The minimum Gasteiger partial charge on any atom is -0.374 e. The molecule has 0 spiro atoms. The zero-order valence-corrected chi connectivity index (χ0v) is 19.9. The molecule has 0 unspecified atom stereocenters. The highest BCUT2D eigenvalue weighted by molar-refractivity contribution is 7.85. The van der Waals surface area contributed by atoms with Crippen molar-refractivity contribution in [3.05, 3.63) is 71.8 Å². The summed E-state index contributed by atoms with van der Waals surface area (Å²) in [5.41, 5.74) is 2.21. The van der Waals surface area contributed by atoms with Crippen LogP contribution >= 0.6 is 0 Å². The normalized spacial score (nSPS) is 26.2. The largest absolute Gasteiger partial charge is 0.374 e. The highest BCUT2D eigenvalue weighted by Crippen LogP contribution is 2.35. The van der Waals surface area contributed by atoms with Gasteiger partial charge in [-0.1, -0.05) is 74.5 Å². The Morgan fingerprint density at radius 1 is 0.844 bits per heavy atom. The third-order valence-corrected chi connectivity index (χ3v) is 6.62. The Bertz CT molecular complexity index is 903. The highest BCUT2D eigenvalue weighted by Gasteiger charge is 2.42. The molecule has 2 aromatic rings. The molecule has 32 heavy (non-hydrogen) atoms. The molecule has 0 N–H and O–H groups in total. The van der Waals surface area contributed by atoms with Gasteiger partial charge in [0.25, 0.3) is 10.1 Å². The first kappa shape index (κ1) is 24.9. The van der Waals surface area contributed by atoms with E-state index in [2.05, 4.69) is 13.8 Å². The average molecular weight is 463 g/mol. The van der Waals surface area contributed by atoms with Gasteiger partial charge in [-0.15, -0.1) is 0 Å². The summed E-state index contributed by atoms with van der Waals surface area (Å²) in [5.74, 6) is 0.394. The van der Waals surface area contributed by atoms with Crippen LogP contribution in [0.1, 0.15) is 31.4 Å². The van der Waals surface area contributed by atoms with Gasteiger partial charge < -0.3 is 14.2 Å². The van der Waals surface area contributed by atoms with Crippen LogP contribution in [0.2, 0.25) is 0 Å². The summed E-state index contributed by atoms with van der Waals surface area (Å²) >= 11 is 0. The molecule has 3 rings (SSSR count). The second-order valence-corrected chi connectivity index (χ2v) is 10.2. The van der Waals surface area contributed by atoms with Crippen LogP contribution in [0.3, 0.4) is 0 Å². The molecular weight excluding hydrogens is 428 g/mol. The topological polar surface area (TPSA) is 71.1 Å². The highest BCUT2D eigenvalue weighted by atomic mass is 32.2. The van der Waals surface area contributed by atoms with Crippen LogP contribution in [0, 0.1) is 11.8 Å². The quantitative estimate of drug-likeness (QED) is 0.466. The van der Waals surface area contributed by atoms with E-state index >= 15 is 0 Å². The van der Waals surface area contributed by atoms with Crippen molar-refractivity contribution in [3.63, 3.8) is 0 Å². The molecule has 5 atom stereocenters. The summed E-state index contributed by atoms with van der Waals surface area (Å²) in [7, 11) is -3.47. The third-order valence-electron chi connectivity index (χ3n) is 6.03. The van der Waals surface area contributed by atoms with E-state index < -0.39 is 10.1 Å². The summed E-state index contributed by atoms with van der Waals surface area (Å²) in [6.07, 6.45) is 1.05. The predicted octanol–water partition coefficient (Wildman–Crippen LogP) is 4.19. The Kier molecular flexibility index (Phi) is 9.25. The molecule has 7 heteroatoms. The Hall–Kier alpha value is -1.77. The van der Waals surface area contributed by atoms with Crippen molar-refractivity contribution in [2.75, 3.05) is 19.5 Å². The lowest BCUT2D eigenvalue weighted by Gasteiger charge is -2.44. The second-order valence-electron chi connectivity index (χ2n) is 8.51. The Morgan fingerprint density at radius 2 is 1.44 bits per heavy atom. The number of hydrogen-bond acceptors (Lipinski definition) is 6. The van der Waals surface area contributed by atoms with Gasteiger partial charge in [0.2, 0.25) is 0 Å². The maximum absolute atomic E-state index is 11.3. The lowest BCUT2D eigenvalue weighted by atomic mass is 9.80. The number of benzene rings is 2. The van der Waals surface area contributed by atoms with E-state index in [1.807, 2.05) is 60.7 Å². The van der Waals surface area contributed by atoms with Gasteiger partial charge in [-0.2, -0.15) is 8.42 Å². The van der Waals surface area contributed by atoms with Gasteiger partial charge in [-0.05, 0) is 29.4 Å². The van der Waals surface area contributed by atoms with Gasteiger partial charge in [-0.3, -0.25) is 4.18 Å². The van der Waals surface area contributed by atoms with Gasteiger partial charge >= 0.3 is 0 Å². The van der Waals surface area contributed by atoms with Crippen LogP contribution in [0.25, 0.3) is 0 Å². The van der Waals surface area contributed by atoms with Crippen LogP contribution in [-0.2, 0) is 41.7 Å². The lowest BCUT2D eigenvalue weighted by molar-refractivity contribution is -0.208. The van der Waals surface area contributed by atoms with E-state index in [1.54, 1.807) is 0 Å². The molecule has 0 amide bonds. The van der Waals surface area contributed by atoms with Crippen molar-refractivity contribution in [2.24, 2.45) is 11.8 Å². The van der Waals surface area contributed by atoms with Crippen molar-refractivity contribution < 1.29 is 26.8 Å². The van der Waals surface area contributed by atoms with Crippen molar-refractivity contribution in [1.29, 1.82) is 0 Å². The van der Waals surface area contributed by atoms with Crippen LogP contribution in [0.5, 0.6) is 0 Å². The molecule has 176 valence electrons. The van der Waals surface area contributed by atoms with Crippen LogP contribution < -0.4 is 0 Å². The fourth-order valence-corrected chi connectivity index (χ4v) is 4.47. The van der Waals surface area contributed by atoms with E-state index in [9.17, 15) is 8.42 Å². The number of hydrogen-bond donors (Lipinski definition) is 0. The smallest absolute Gasteiger partial charge is 0.264 e. The summed E-state index contributed by atoms with van der Waals surface area (Å²) < 4.78 is 46.3. The van der Waals surface area contributed by atoms with Crippen LogP contribution in [-0.4, -0.2) is 46.2 Å². The second kappa shape index (κ2) is 11.9. The monoisotopic (exact) mass is 462 g/mol. The molecule has 0 aromatic heterocycles. The SMILES string of the molecule is C[C@@H]1[C@H](C)[C@@H](CCOS(C)(=O)=O)O[C@H](COCc2ccccc2)[C@H]1OCc1ccccc1. The minimum absolute atomic E-state index is 0.105. The number of ether oxygens (including phenoxy) is 3. The van der Waals surface area contributed by atoms with Crippen molar-refractivity contribution in [2.45, 2.75) is 51.8 Å². The molecule has 1 heterocycles. The van der Waals surface area contributed by atoms with E-state index in [0.717, 1.165) is 17.4 Å². The molecule has 1 fully saturated rings. The van der Waals surface area contributed by atoms with Crippen LogP contribution in [0.4, 0.5) is 0 Å². The molecular formula is C25H34O6S. The Balaban J connectivity index is 1.64.